The minimum Gasteiger partial charge on any atom is -0.398 e. The number of Topliss-reactive ketones (excluding diaryl/α,β-unsaturated/α-hetero) is 1. The van der Waals surface area contributed by atoms with Crippen molar-refractivity contribution in [1.82, 2.24) is 0 Å². The molecular weight excluding hydrogens is 290 g/mol. The lowest BCUT2D eigenvalue weighted by Gasteiger charge is -2.14. The lowest BCUT2D eigenvalue weighted by molar-refractivity contribution is 0.0928. The van der Waals surface area contributed by atoms with Gasteiger partial charge in [0.2, 0.25) is 0 Å². The summed E-state index contributed by atoms with van der Waals surface area (Å²) >= 11 is 3.48. The van der Waals surface area contributed by atoms with Gasteiger partial charge in [-0.15, -0.1) is 0 Å². The van der Waals surface area contributed by atoms with Gasteiger partial charge in [0.05, 0.1) is 0 Å². The smallest absolute Gasteiger partial charge is 0.167 e. The van der Waals surface area contributed by atoms with Gasteiger partial charge in [-0.2, -0.15) is 0 Å². The van der Waals surface area contributed by atoms with Crippen molar-refractivity contribution in [2.45, 2.75) is 48.0 Å². The molecule has 1 unspecified atom stereocenters. The number of rotatable bonds is 3. The highest BCUT2D eigenvalue weighted by molar-refractivity contribution is 9.10. The quantitative estimate of drug-likeness (QED) is 0.637. The van der Waals surface area contributed by atoms with Crippen LogP contribution in [0.25, 0.3) is 0 Å². The summed E-state index contributed by atoms with van der Waals surface area (Å²) in [4.78, 5) is 12.1. The predicted molar refractivity (Wildman–Crippen MR) is 83.2 cm³/mol. The van der Waals surface area contributed by atoms with Crippen molar-refractivity contribution < 1.29 is 4.79 Å². The molecule has 1 rings (SSSR count). The zero-order chi connectivity index (χ0) is 14.5. The number of ketones is 1. The summed E-state index contributed by atoms with van der Waals surface area (Å²) in [5.74, 6) is 0.168. The highest BCUT2D eigenvalue weighted by Crippen LogP contribution is 2.30. The maximum absolute atomic E-state index is 12.1. The number of hydrogen-bond donors (Lipinski definition) is 1. The Morgan fingerprint density at radius 2 is 1.89 bits per heavy atom. The van der Waals surface area contributed by atoms with Crippen LogP contribution in [0.2, 0.25) is 0 Å². The highest BCUT2D eigenvalue weighted by atomic mass is 79.9. The molecule has 1 atom stereocenters. The van der Waals surface area contributed by atoms with Crippen LogP contribution in [-0.4, -0.2) is 5.78 Å². The number of nitrogen functional groups attached to an aromatic ring is 1. The van der Waals surface area contributed by atoms with E-state index >= 15 is 0 Å². The van der Waals surface area contributed by atoms with Crippen molar-refractivity contribution in [2.75, 3.05) is 5.73 Å². The zero-order valence-corrected chi connectivity index (χ0v) is 13.8. The molecule has 3 heteroatoms. The lowest BCUT2D eigenvalue weighted by Crippen LogP contribution is -2.14. The van der Waals surface area contributed by atoms with Crippen LogP contribution in [0.3, 0.4) is 0 Å². The number of carbonyl (C=O) groups excluding carboxylic acids is 1. The van der Waals surface area contributed by atoms with Gasteiger partial charge in [0.1, 0.15) is 0 Å². The Bertz CT molecular complexity index is 427. The molecule has 1 aromatic carbocycles. The number of benzene rings is 1. The number of hydrogen-bond acceptors (Lipinski definition) is 2. The van der Waals surface area contributed by atoms with Crippen molar-refractivity contribution in [3.8, 4) is 0 Å². The van der Waals surface area contributed by atoms with Crippen LogP contribution >= 0.6 is 15.9 Å². The third-order valence-electron chi connectivity index (χ3n) is 3.06. The average molecular weight is 314 g/mol. The summed E-state index contributed by atoms with van der Waals surface area (Å²) in [6.07, 6.45) is 0.840. The fourth-order valence-electron chi connectivity index (χ4n) is 1.63. The van der Waals surface area contributed by atoms with Gasteiger partial charge in [-0.1, -0.05) is 43.6 Å². The first kappa shape index (κ1) is 17.2. The number of anilines is 1. The Morgan fingerprint density at radius 3 is 2.33 bits per heavy atom. The van der Waals surface area contributed by atoms with Crippen LogP contribution in [0.15, 0.2) is 10.5 Å². The maximum Gasteiger partial charge on any atom is 0.167 e. The molecular formula is C15H24BrNO. The molecule has 0 aliphatic heterocycles. The van der Waals surface area contributed by atoms with Crippen LogP contribution < -0.4 is 5.73 Å². The van der Waals surface area contributed by atoms with Gasteiger partial charge in [-0.3, -0.25) is 4.79 Å². The number of aryl methyl sites for hydroxylation is 1. The molecule has 2 N–H and O–H groups in total. The minimum atomic E-state index is 0.0299. The van der Waals surface area contributed by atoms with Gasteiger partial charge < -0.3 is 5.73 Å². The van der Waals surface area contributed by atoms with E-state index < -0.39 is 0 Å². The Hall–Kier alpha value is -0.830. The number of halogens is 1. The monoisotopic (exact) mass is 313 g/mol. The van der Waals surface area contributed by atoms with Gasteiger partial charge in [-0.25, -0.2) is 0 Å². The van der Waals surface area contributed by atoms with E-state index in [1.807, 2.05) is 47.6 Å². The molecule has 0 aliphatic rings. The van der Waals surface area contributed by atoms with E-state index in [0.717, 1.165) is 22.0 Å². The average Bonchev–Trinajstić information content (AvgIpc) is 2.41. The molecule has 1 aromatic rings. The summed E-state index contributed by atoms with van der Waals surface area (Å²) in [5, 5.41) is 0. The standard InChI is InChI=1S/C13H18BrNO.C2H6/c1-5-7(2)13(16)10-6-8(3)11(14)9(4)12(10)15;1-2/h6-7H,5,15H2,1-4H3;1-2H3. The topological polar surface area (TPSA) is 43.1 Å². The fraction of sp³-hybridized carbons (Fsp3) is 0.533. The van der Waals surface area contributed by atoms with Crippen LogP contribution in [0, 0.1) is 19.8 Å². The Labute approximate surface area is 119 Å². The van der Waals surface area contributed by atoms with Crippen LogP contribution in [0.1, 0.15) is 55.6 Å². The first-order valence-corrected chi connectivity index (χ1v) is 7.28. The van der Waals surface area contributed by atoms with E-state index in [9.17, 15) is 4.79 Å². The van der Waals surface area contributed by atoms with Crippen molar-refractivity contribution in [2.24, 2.45) is 5.92 Å². The molecule has 0 aromatic heterocycles. The molecule has 102 valence electrons. The molecule has 0 fully saturated rings. The summed E-state index contributed by atoms with van der Waals surface area (Å²) in [6.45, 7) is 11.9. The van der Waals surface area contributed by atoms with E-state index in [1.165, 1.54) is 0 Å². The summed E-state index contributed by atoms with van der Waals surface area (Å²) in [7, 11) is 0. The Balaban J connectivity index is 0.00000137. The molecule has 2 nitrogen and oxygen atoms in total. The van der Waals surface area contributed by atoms with E-state index in [-0.39, 0.29) is 11.7 Å². The third-order valence-corrected chi connectivity index (χ3v) is 4.28. The second-order valence-corrected chi connectivity index (χ2v) is 5.06. The number of nitrogens with two attached hydrogens (primary N) is 1. The lowest BCUT2D eigenvalue weighted by atomic mass is 9.93. The molecule has 0 radical (unpaired) electrons. The van der Waals surface area contributed by atoms with Crippen molar-refractivity contribution in [1.29, 1.82) is 0 Å². The van der Waals surface area contributed by atoms with E-state index in [2.05, 4.69) is 15.9 Å². The largest absolute Gasteiger partial charge is 0.398 e. The van der Waals surface area contributed by atoms with E-state index in [1.54, 1.807) is 0 Å². The van der Waals surface area contributed by atoms with Gasteiger partial charge in [-0.05, 0) is 37.5 Å². The van der Waals surface area contributed by atoms with E-state index in [0.29, 0.717) is 11.3 Å². The predicted octanol–water partition coefficient (Wildman–Crippen LogP) is 4.90. The van der Waals surface area contributed by atoms with Gasteiger partial charge in [0.15, 0.2) is 5.78 Å². The minimum absolute atomic E-state index is 0.0299. The van der Waals surface area contributed by atoms with Crippen LogP contribution in [0.5, 0.6) is 0 Å². The molecule has 0 aliphatic carbocycles. The zero-order valence-electron chi connectivity index (χ0n) is 12.2. The third kappa shape index (κ3) is 3.58. The molecule has 0 bridgehead atoms. The highest BCUT2D eigenvalue weighted by Gasteiger charge is 2.19. The Kier molecular flexibility index (Phi) is 7.22. The first-order valence-electron chi connectivity index (χ1n) is 6.49. The van der Waals surface area contributed by atoms with Crippen LogP contribution in [-0.2, 0) is 0 Å². The normalized spacial score (nSPS) is 11.5. The van der Waals surface area contributed by atoms with Crippen molar-refractivity contribution in [3.05, 3.63) is 27.2 Å². The van der Waals surface area contributed by atoms with Gasteiger partial charge >= 0.3 is 0 Å². The molecule has 0 spiro atoms. The Morgan fingerprint density at radius 1 is 1.39 bits per heavy atom. The van der Waals surface area contributed by atoms with Crippen molar-refractivity contribution >= 4 is 27.4 Å². The van der Waals surface area contributed by atoms with E-state index in [4.69, 9.17) is 5.73 Å². The molecule has 0 saturated carbocycles. The summed E-state index contributed by atoms with van der Waals surface area (Å²) in [6, 6.07) is 1.88. The second-order valence-electron chi connectivity index (χ2n) is 4.27. The molecule has 18 heavy (non-hydrogen) atoms. The van der Waals surface area contributed by atoms with Crippen molar-refractivity contribution in [3.63, 3.8) is 0 Å². The summed E-state index contributed by atoms with van der Waals surface area (Å²) in [5.41, 5.74) is 9.26. The van der Waals surface area contributed by atoms with Gasteiger partial charge in [0.25, 0.3) is 0 Å². The van der Waals surface area contributed by atoms with Crippen LogP contribution in [0.4, 0.5) is 5.69 Å². The fourth-order valence-corrected chi connectivity index (χ4v) is 1.96. The first-order chi connectivity index (χ1) is 8.40. The molecule has 0 saturated heterocycles. The molecule has 0 heterocycles. The summed E-state index contributed by atoms with van der Waals surface area (Å²) < 4.78 is 0.991. The second kappa shape index (κ2) is 7.57. The maximum atomic E-state index is 12.1. The number of carbonyl (C=O) groups is 1. The molecule has 0 amide bonds. The SMILES string of the molecule is CC.CCC(C)C(=O)c1cc(C)c(Br)c(C)c1N. The van der Waals surface area contributed by atoms with Gasteiger partial charge in [0, 0.05) is 21.6 Å².